The molecule has 0 aliphatic carbocycles. The van der Waals surface area contributed by atoms with Gasteiger partial charge < -0.3 is 9.64 Å². The quantitative estimate of drug-likeness (QED) is 0.798. The van der Waals surface area contributed by atoms with Gasteiger partial charge in [0.2, 0.25) is 5.91 Å². The predicted octanol–water partition coefficient (Wildman–Crippen LogP) is 3.49. The van der Waals surface area contributed by atoms with Gasteiger partial charge in [0.15, 0.2) is 0 Å². The van der Waals surface area contributed by atoms with Crippen LogP contribution in [0.3, 0.4) is 0 Å². The maximum atomic E-state index is 12.9. The largest absolute Gasteiger partial charge is 0.494 e. The van der Waals surface area contributed by atoms with Crippen molar-refractivity contribution in [3.8, 4) is 5.75 Å². The molecule has 0 saturated heterocycles. The minimum absolute atomic E-state index is 0.115. The zero-order valence-corrected chi connectivity index (χ0v) is 15.9. The molecule has 0 saturated carbocycles. The molecule has 1 aliphatic heterocycles. The van der Waals surface area contributed by atoms with Crippen LogP contribution < -0.4 is 4.74 Å². The summed E-state index contributed by atoms with van der Waals surface area (Å²) in [6, 6.07) is 16.4. The lowest BCUT2D eigenvalue weighted by molar-refractivity contribution is -0.136. The molecule has 0 aromatic heterocycles. The molecule has 4 nitrogen and oxygen atoms in total. The zero-order chi connectivity index (χ0) is 18.5. The number of amides is 1. The van der Waals surface area contributed by atoms with Crippen LogP contribution in [0, 0.1) is 0 Å². The van der Waals surface area contributed by atoms with Crippen LogP contribution in [0.15, 0.2) is 48.5 Å². The number of rotatable bonds is 6. The van der Waals surface area contributed by atoms with E-state index in [2.05, 4.69) is 29.2 Å². The van der Waals surface area contributed by atoms with Gasteiger partial charge in [-0.2, -0.15) is 0 Å². The highest BCUT2D eigenvalue weighted by atomic mass is 16.5. The molecule has 2 aromatic carbocycles. The van der Waals surface area contributed by atoms with E-state index in [0.29, 0.717) is 13.2 Å². The summed E-state index contributed by atoms with van der Waals surface area (Å²) in [6.07, 6.45) is 1.01. The maximum Gasteiger partial charge on any atom is 0.239 e. The monoisotopic (exact) mass is 352 g/mol. The van der Waals surface area contributed by atoms with Gasteiger partial charge in [-0.1, -0.05) is 36.4 Å². The molecule has 0 fully saturated rings. The van der Waals surface area contributed by atoms with Crippen LogP contribution in [0.1, 0.15) is 30.5 Å². The number of fused-ring (bicyclic) bond motifs is 1. The van der Waals surface area contributed by atoms with E-state index >= 15 is 0 Å². The summed E-state index contributed by atoms with van der Waals surface area (Å²) in [7, 11) is 1.88. The van der Waals surface area contributed by atoms with Crippen molar-refractivity contribution in [1.29, 1.82) is 0 Å². The van der Waals surface area contributed by atoms with E-state index in [1.54, 1.807) is 0 Å². The summed E-state index contributed by atoms with van der Waals surface area (Å²) < 4.78 is 5.47. The topological polar surface area (TPSA) is 32.8 Å². The summed E-state index contributed by atoms with van der Waals surface area (Å²) in [5.41, 5.74) is 3.86. The molecular weight excluding hydrogens is 324 g/mol. The summed E-state index contributed by atoms with van der Waals surface area (Å²) in [6.45, 7) is 7.04. The second-order valence-electron chi connectivity index (χ2n) is 6.94. The first kappa shape index (κ1) is 18.5. The maximum absolute atomic E-state index is 12.9. The highest BCUT2D eigenvalue weighted by Crippen LogP contribution is 2.21. The zero-order valence-electron chi connectivity index (χ0n) is 15.9. The number of hydrogen-bond acceptors (Lipinski definition) is 3. The van der Waals surface area contributed by atoms with E-state index < -0.39 is 0 Å². The number of carbonyl (C=O) groups excluding carboxylic acids is 1. The van der Waals surface area contributed by atoms with E-state index in [-0.39, 0.29) is 11.9 Å². The van der Waals surface area contributed by atoms with Gasteiger partial charge >= 0.3 is 0 Å². The van der Waals surface area contributed by atoms with Crippen LogP contribution in [-0.4, -0.2) is 41.9 Å². The van der Waals surface area contributed by atoms with Gasteiger partial charge in [-0.25, -0.2) is 0 Å². The Kier molecular flexibility index (Phi) is 5.94. The Hall–Kier alpha value is -2.33. The SMILES string of the molecule is CCOc1ccc(CN(C)C(=O)C(C)N2CCc3ccccc3C2)cc1. The lowest BCUT2D eigenvalue weighted by Gasteiger charge is -2.34. The predicted molar refractivity (Wildman–Crippen MR) is 104 cm³/mol. The standard InChI is InChI=1S/C22H28N2O2/c1-4-26-21-11-9-18(10-12-21)15-23(3)22(25)17(2)24-14-13-19-7-5-6-8-20(19)16-24/h5-12,17H,4,13-16H2,1-3H3. The minimum Gasteiger partial charge on any atom is -0.494 e. The van der Waals surface area contributed by atoms with Crippen LogP contribution >= 0.6 is 0 Å². The molecule has 1 heterocycles. The molecular formula is C22H28N2O2. The van der Waals surface area contributed by atoms with Crippen molar-refractivity contribution in [1.82, 2.24) is 9.80 Å². The second-order valence-corrected chi connectivity index (χ2v) is 6.94. The van der Waals surface area contributed by atoms with Crippen molar-refractivity contribution in [2.75, 3.05) is 20.2 Å². The summed E-state index contributed by atoms with van der Waals surface area (Å²) >= 11 is 0. The molecule has 0 N–H and O–H groups in total. The Bertz CT molecular complexity index is 742. The third-order valence-electron chi connectivity index (χ3n) is 5.10. The van der Waals surface area contributed by atoms with Gasteiger partial charge in [0, 0.05) is 26.7 Å². The van der Waals surface area contributed by atoms with Gasteiger partial charge in [0.1, 0.15) is 5.75 Å². The van der Waals surface area contributed by atoms with Crippen molar-refractivity contribution < 1.29 is 9.53 Å². The molecule has 1 amide bonds. The first-order chi connectivity index (χ1) is 12.6. The van der Waals surface area contributed by atoms with Crippen LogP contribution in [0.5, 0.6) is 5.75 Å². The number of carbonyl (C=O) groups is 1. The fourth-order valence-corrected chi connectivity index (χ4v) is 3.53. The van der Waals surface area contributed by atoms with E-state index in [4.69, 9.17) is 4.74 Å². The molecule has 0 bridgehead atoms. The van der Waals surface area contributed by atoms with Crippen molar-refractivity contribution in [3.05, 3.63) is 65.2 Å². The Labute approximate surface area is 156 Å². The molecule has 1 unspecified atom stereocenters. The fraction of sp³-hybridized carbons (Fsp3) is 0.409. The van der Waals surface area contributed by atoms with Gasteiger partial charge in [0.25, 0.3) is 0 Å². The molecule has 0 spiro atoms. The van der Waals surface area contributed by atoms with Crippen molar-refractivity contribution in [3.63, 3.8) is 0 Å². The number of hydrogen-bond donors (Lipinski definition) is 0. The Morgan fingerprint density at radius 1 is 1.15 bits per heavy atom. The second kappa shape index (κ2) is 8.37. The third kappa shape index (κ3) is 4.25. The smallest absolute Gasteiger partial charge is 0.239 e. The van der Waals surface area contributed by atoms with Gasteiger partial charge in [0.05, 0.1) is 12.6 Å². The van der Waals surface area contributed by atoms with E-state index in [1.165, 1.54) is 11.1 Å². The lowest BCUT2D eigenvalue weighted by Crippen LogP contribution is -2.47. The first-order valence-electron chi connectivity index (χ1n) is 9.36. The average molecular weight is 352 g/mol. The fourth-order valence-electron chi connectivity index (χ4n) is 3.53. The highest BCUT2D eigenvalue weighted by molar-refractivity contribution is 5.81. The lowest BCUT2D eigenvalue weighted by atomic mass is 9.98. The van der Waals surface area contributed by atoms with Gasteiger partial charge in [-0.05, 0) is 49.1 Å². The number of likely N-dealkylation sites (N-methyl/N-ethyl adjacent to an activating group) is 1. The average Bonchev–Trinajstić information content (AvgIpc) is 2.68. The van der Waals surface area contributed by atoms with Crippen molar-refractivity contribution in [2.45, 2.75) is 39.4 Å². The molecule has 2 aromatic rings. The van der Waals surface area contributed by atoms with Crippen LogP contribution in [-0.2, 0) is 24.3 Å². The van der Waals surface area contributed by atoms with Crippen molar-refractivity contribution in [2.24, 2.45) is 0 Å². The molecule has 138 valence electrons. The number of ether oxygens (including phenoxy) is 1. The van der Waals surface area contributed by atoms with E-state index in [1.807, 2.05) is 50.1 Å². The van der Waals surface area contributed by atoms with Gasteiger partial charge in [-0.3, -0.25) is 9.69 Å². The van der Waals surface area contributed by atoms with E-state index in [0.717, 1.165) is 30.8 Å². The minimum atomic E-state index is -0.115. The summed E-state index contributed by atoms with van der Waals surface area (Å²) in [4.78, 5) is 17.0. The molecule has 4 heteroatoms. The third-order valence-corrected chi connectivity index (χ3v) is 5.10. The van der Waals surface area contributed by atoms with Crippen molar-refractivity contribution >= 4 is 5.91 Å². The molecule has 26 heavy (non-hydrogen) atoms. The normalized spacial score (nSPS) is 15.2. The Balaban J connectivity index is 1.59. The van der Waals surface area contributed by atoms with Gasteiger partial charge in [-0.15, -0.1) is 0 Å². The van der Waals surface area contributed by atoms with E-state index in [9.17, 15) is 4.79 Å². The Morgan fingerprint density at radius 3 is 2.54 bits per heavy atom. The molecule has 3 rings (SSSR count). The summed E-state index contributed by atoms with van der Waals surface area (Å²) in [5.74, 6) is 1.03. The summed E-state index contributed by atoms with van der Waals surface area (Å²) in [5, 5.41) is 0. The molecule has 1 atom stereocenters. The number of benzene rings is 2. The Morgan fingerprint density at radius 2 is 1.85 bits per heavy atom. The van der Waals surface area contributed by atoms with Crippen LogP contribution in [0.4, 0.5) is 0 Å². The molecule has 1 aliphatic rings. The highest BCUT2D eigenvalue weighted by Gasteiger charge is 2.27. The molecule has 0 radical (unpaired) electrons. The first-order valence-corrected chi connectivity index (χ1v) is 9.36. The number of nitrogens with zero attached hydrogens (tertiary/aromatic N) is 2. The van der Waals surface area contributed by atoms with Crippen LogP contribution in [0.2, 0.25) is 0 Å². The van der Waals surface area contributed by atoms with Crippen LogP contribution in [0.25, 0.3) is 0 Å².